The summed E-state index contributed by atoms with van der Waals surface area (Å²) < 4.78 is 0. The zero-order chi connectivity index (χ0) is 7.89. The summed E-state index contributed by atoms with van der Waals surface area (Å²) in [6.07, 6.45) is 0. The Kier molecular flexibility index (Phi) is 10.4. The first kappa shape index (κ1) is 19.3. The minimum absolute atomic E-state index is 0. The van der Waals surface area contributed by atoms with E-state index in [2.05, 4.69) is 34.6 Å². The second kappa shape index (κ2) is 7.04. The smallest absolute Gasteiger partial charge is 0.0226 e. The third-order valence-electron chi connectivity index (χ3n) is 2.81. The molecule has 1 radical (unpaired) electrons. The second-order valence-corrected chi connectivity index (χ2v) is 3.12. The normalized spacial score (nSPS) is 16.4. The summed E-state index contributed by atoms with van der Waals surface area (Å²) in [6.45, 7) is 11.0. The van der Waals surface area contributed by atoms with E-state index in [4.69, 9.17) is 0 Å². The SMILES string of the molecule is C[C]1C(C)=C(C)C(C)=C1C.Cl.Cl.[Ru]. The fourth-order valence-electron chi connectivity index (χ4n) is 1.41. The Bertz CT molecular complexity index is 205. The fraction of sp³-hybridized carbons (Fsp3) is 0.500. The van der Waals surface area contributed by atoms with Crippen LogP contribution in [-0.4, -0.2) is 0 Å². The van der Waals surface area contributed by atoms with Gasteiger partial charge in [0.1, 0.15) is 0 Å². The third kappa shape index (κ3) is 3.38. The topological polar surface area (TPSA) is 0 Å². The summed E-state index contributed by atoms with van der Waals surface area (Å²) in [5.74, 6) is 1.47. The molecule has 0 atom stereocenters. The van der Waals surface area contributed by atoms with Gasteiger partial charge in [0.15, 0.2) is 0 Å². The molecule has 0 aliphatic heterocycles. The molecule has 0 spiro atoms. The molecule has 0 aromatic carbocycles. The first-order valence-corrected chi connectivity index (χ1v) is 3.75. The Hall–Kier alpha value is 0.683. The maximum atomic E-state index is 2.20. The molecule has 0 aromatic rings. The molecule has 13 heavy (non-hydrogen) atoms. The van der Waals surface area contributed by atoms with E-state index in [1.807, 2.05) is 0 Å². The van der Waals surface area contributed by atoms with Gasteiger partial charge in [0.2, 0.25) is 0 Å². The van der Waals surface area contributed by atoms with E-state index < -0.39 is 0 Å². The van der Waals surface area contributed by atoms with Gasteiger partial charge in [-0.25, -0.2) is 0 Å². The summed E-state index contributed by atoms with van der Waals surface area (Å²) in [7, 11) is 0. The fourth-order valence-corrected chi connectivity index (χ4v) is 1.41. The molecule has 0 fully saturated rings. The molecule has 0 bridgehead atoms. The van der Waals surface area contributed by atoms with Gasteiger partial charge in [-0.15, -0.1) is 24.8 Å². The summed E-state index contributed by atoms with van der Waals surface area (Å²) in [5, 5.41) is 0. The number of hydrogen-bond donors (Lipinski definition) is 0. The third-order valence-corrected chi connectivity index (χ3v) is 2.81. The zero-order valence-corrected chi connectivity index (χ0v) is 12.0. The molecule has 3 heteroatoms. The van der Waals surface area contributed by atoms with Crippen molar-refractivity contribution in [3.05, 3.63) is 28.2 Å². The predicted molar refractivity (Wildman–Crippen MR) is 60.2 cm³/mol. The zero-order valence-electron chi connectivity index (χ0n) is 8.67. The van der Waals surface area contributed by atoms with Crippen molar-refractivity contribution in [3.8, 4) is 0 Å². The van der Waals surface area contributed by atoms with Crippen LogP contribution in [0.25, 0.3) is 0 Å². The number of allylic oxidation sites excluding steroid dienone is 4. The monoisotopic (exact) mass is 309 g/mol. The molecule has 0 saturated heterocycles. The van der Waals surface area contributed by atoms with Crippen molar-refractivity contribution in [2.24, 2.45) is 0 Å². The van der Waals surface area contributed by atoms with Crippen molar-refractivity contribution in [1.82, 2.24) is 0 Å². The molecule has 0 N–H and O–H groups in total. The van der Waals surface area contributed by atoms with E-state index in [0.29, 0.717) is 0 Å². The van der Waals surface area contributed by atoms with Crippen LogP contribution in [0.5, 0.6) is 0 Å². The van der Waals surface area contributed by atoms with E-state index in [9.17, 15) is 0 Å². The maximum Gasteiger partial charge on any atom is 0.0226 e. The van der Waals surface area contributed by atoms with Crippen LogP contribution in [0.15, 0.2) is 22.3 Å². The second-order valence-electron chi connectivity index (χ2n) is 3.12. The average Bonchev–Trinajstić information content (AvgIpc) is 2.07. The molecule has 0 saturated carbocycles. The van der Waals surface area contributed by atoms with Crippen LogP contribution in [-0.2, 0) is 19.5 Å². The van der Waals surface area contributed by atoms with Crippen molar-refractivity contribution in [1.29, 1.82) is 0 Å². The quantitative estimate of drug-likeness (QED) is 0.591. The molecular formula is C10H17Cl2Ru. The van der Waals surface area contributed by atoms with Crippen molar-refractivity contribution in [2.45, 2.75) is 34.6 Å². The van der Waals surface area contributed by atoms with Crippen LogP contribution in [0.3, 0.4) is 0 Å². The molecule has 1 rings (SSSR count). The standard InChI is InChI=1S/C10H15.2ClH.Ru/c1-6-7(2)9(4)10(5)8(6)3;;;/h1-5H3;2*1H;. The van der Waals surface area contributed by atoms with Gasteiger partial charge in [-0.05, 0) is 38.8 Å². The van der Waals surface area contributed by atoms with Gasteiger partial charge in [0.25, 0.3) is 0 Å². The molecule has 1 aliphatic rings. The Morgan fingerprint density at radius 3 is 0.846 bits per heavy atom. The van der Waals surface area contributed by atoms with Gasteiger partial charge in [-0.2, -0.15) is 0 Å². The molecular weight excluding hydrogens is 292 g/mol. The van der Waals surface area contributed by atoms with Gasteiger partial charge in [-0.3, -0.25) is 0 Å². The summed E-state index contributed by atoms with van der Waals surface area (Å²) in [5.41, 5.74) is 5.87. The summed E-state index contributed by atoms with van der Waals surface area (Å²) in [4.78, 5) is 0. The van der Waals surface area contributed by atoms with E-state index in [0.717, 1.165) is 0 Å². The van der Waals surface area contributed by atoms with Gasteiger partial charge in [0.05, 0.1) is 0 Å². The van der Waals surface area contributed by atoms with Gasteiger partial charge >= 0.3 is 0 Å². The molecule has 79 valence electrons. The van der Waals surface area contributed by atoms with Crippen molar-refractivity contribution in [3.63, 3.8) is 0 Å². The van der Waals surface area contributed by atoms with Gasteiger partial charge in [0, 0.05) is 25.4 Å². The maximum absolute atomic E-state index is 2.20. The molecule has 0 aromatic heterocycles. The molecule has 0 amide bonds. The summed E-state index contributed by atoms with van der Waals surface area (Å²) >= 11 is 0. The minimum Gasteiger partial charge on any atom is -0.147 e. The largest absolute Gasteiger partial charge is 0.147 e. The van der Waals surface area contributed by atoms with Crippen molar-refractivity contribution in [2.75, 3.05) is 0 Å². The van der Waals surface area contributed by atoms with Crippen LogP contribution in [0, 0.1) is 5.92 Å². The summed E-state index contributed by atoms with van der Waals surface area (Å²) in [6, 6.07) is 0. The van der Waals surface area contributed by atoms with E-state index in [1.54, 1.807) is 0 Å². The Labute approximate surface area is 107 Å². The van der Waals surface area contributed by atoms with Crippen LogP contribution in [0.1, 0.15) is 34.6 Å². The molecule has 0 nitrogen and oxygen atoms in total. The van der Waals surface area contributed by atoms with E-state index >= 15 is 0 Å². The molecule has 1 aliphatic carbocycles. The van der Waals surface area contributed by atoms with Crippen LogP contribution >= 0.6 is 24.8 Å². The average molecular weight is 309 g/mol. The Morgan fingerprint density at radius 1 is 0.538 bits per heavy atom. The number of halogens is 2. The number of hydrogen-bond acceptors (Lipinski definition) is 0. The van der Waals surface area contributed by atoms with Gasteiger partial charge in [-0.1, -0.05) is 18.1 Å². The Morgan fingerprint density at radius 2 is 0.769 bits per heavy atom. The van der Waals surface area contributed by atoms with E-state index in [1.165, 1.54) is 28.2 Å². The van der Waals surface area contributed by atoms with Crippen LogP contribution < -0.4 is 0 Å². The minimum atomic E-state index is 0. The van der Waals surface area contributed by atoms with Crippen LogP contribution in [0.2, 0.25) is 0 Å². The van der Waals surface area contributed by atoms with Crippen molar-refractivity contribution < 1.29 is 19.5 Å². The molecule has 0 heterocycles. The first-order chi connectivity index (χ1) is 4.55. The Balaban J connectivity index is -0.000000333. The van der Waals surface area contributed by atoms with Crippen molar-refractivity contribution >= 4 is 24.8 Å². The first-order valence-electron chi connectivity index (χ1n) is 3.75. The predicted octanol–water partition coefficient (Wildman–Crippen LogP) is 4.11. The number of rotatable bonds is 0. The van der Waals surface area contributed by atoms with Gasteiger partial charge < -0.3 is 0 Å². The van der Waals surface area contributed by atoms with Crippen LogP contribution in [0.4, 0.5) is 0 Å². The van der Waals surface area contributed by atoms with E-state index in [-0.39, 0.29) is 44.3 Å². The molecule has 0 unspecified atom stereocenters.